The van der Waals surface area contributed by atoms with E-state index in [1.807, 2.05) is 0 Å². The van der Waals surface area contributed by atoms with Crippen molar-refractivity contribution in [2.45, 2.75) is 17.7 Å². The third-order valence-corrected chi connectivity index (χ3v) is 5.03. The fraction of sp³-hybridized carbons (Fsp3) is 0.267. The largest absolute Gasteiger partial charge is 0.356 e. The van der Waals surface area contributed by atoms with Crippen molar-refractivity contribution >= 4 is 21.6 Å². The monoisotopic (exact) mass is 337 g/mol. The number of aromatic amines is 1. The van der Waals surface area contributed by atoms with E-state index in [2.05, 4.69) is 9.71 Å². The smallest absolute Gasteiger partial charge is 0.270 e. The fourth-order valence-corrected chi connectivity index (χ4v) is 3.55. The van der Waals surface area contributed by atoms with Gasteiger partial charge in [-0.2, -0.15) is 0 Å². The van der Waals surface area contributed by atoms with Gasteiger partial charge < -0.3 is 9.88 Å². The number of anilines is 1. The van der Waals surface area contributed by atoms with Crippen LogP contribution in [0.25, 0.3) is 0 Å². The first-order chi connectivity index (χ1) is 11.0. The van der Waals surface area contributed by atoms with Gasteiger partial charge in [-0.1, -0.05) is 6.07 Å². The van der Waals surface area contributed by atoms with Crippen molar-refractivity contribution in [2.75, 3.05) is 17.8 Å². The Labute approximate surface area is 133 Å². The van der Waals surface area contributed by atoms with Crippen LogP contribution in [0.4, 0.5) is 10.1 Å². The molecule has 1 aliphatic rings. The van der Waals surface area contributed by atoms with E-state index >= 15 is 0 Å². The van der Waals surface area contributed by atoms with Crippen molar-refractivity contribution in [3.05, 3.63) is 48.0 Å². The minimum atomic E-state index is -3.88. The maximum absolute atomic E-state index is 13.1. The molecule has 2 aromatic rings. The molecule has 23 heavy (non-hydrogen) atoms. The molecule has 2 heterocycles. The summed E-state index contributed by atoms with van der Waals surface area (Å²) in [4.78, 5) is 16.5. The number of aromatic nitrogens is 1. The first-order valence-corrected chi connectivity index (χ1v) is 8.70. The number of hydrogen-bond donors (Lipinski definition) is 2. The minimum absolute atomic E-state index is 0.0655. The summed E-state index contributed by atoms with van der Waals surface area (Å²) in [7, 11) is -3.88. The van der Waals surface area contributed by atoms with Crippen LogP contribution in [0.5, 0.6) is 0 Å². The summed E-state index contributed by atoms with van der Waals surface area (Å²) in [5.74, 6) is -0.751. The summed E-state index contributed by atoms with van der Waals surface area (Å²) in [5.41, 5.74) is 0.352. The molecule has 0 radical (unpaired) electrons. The number of rotatable bonds is 4. The SMILES string of the molecule is O=C(c1cc(S(=O)(=O)Nc2cccc(F)c2)c[nH]1)N1CCCC1. The molecule has 0 unspecified atom stereocenters. The molecule has 2 N–H and O–H groups in total. The summed E-state index contributed by atoms with van der Waals surface area (Å²) in [6.07, 6.45) is 3.17. The Morgan fingerprint density at radius 2 is 1.96 bits per heavy atom. The molecule has 3 rings (SSSR count). The number of nitrogens with zero attached hydrogens (tertiary/aromatic N) is 1. The Morgan fingerprint density at radius 1 is 1.22 bits per heavy atom. The van der Waals surface area contributed by atoms with Gasteiger partial charge in [0.2, 0.25) is 0 Å². The van der Waals surface area contributed by atoms with Crippen LogP contribution in [0.3, 0.4) is 0 Å². The lowest BCUT2D eigenvalue weighted by Gasteiger charge is -2.13. The second-order valence-corrected chi connectivity index (χ2v) is 7.05. The van der Waals surface area contributed by atoms with E-state index < -0.39 is 15.8 Å². The van der Waals surface area contributed by atoms with Crippen LogP contribution in [0, 0.1) is 5.82 Å². The number of carbonyl (C=O) groups is 1. The number of carbonyl (C=O) groups excluding carboxylic acids is 1. The van der Waals surface area contributed by atoms with Crippen molar-refractivity contribution in [1.82, 2.24) is 9.88 Å². The lowest BCUT2D eigenvalue weighted by atomic mass is 10.3. The van der Waals surface area contributed by atoms with Crippen molar-refractivity contribution in [3.8, 4) is 0 Å². The van der Waals surface area contributed by atoms with Crippen molar-refractivity contribution in [2.24, 2.45) is 0 Å². The van der Waals surface area contributed by atoms with Crippen LogP contribution in [0.2, 0.25) is 0 Å². The highest BCUT2D eigenvalue weighted by Crippen LogP contribution is 2.19. The molecule has 6 nitrogen and oxygen atoms in total. The van der Waals surface area contributed by atoms with E-state index in [9.17, 15) is 17.6 Å². The zero-order valence-electron chi connectivity index (χ0n) is 12.3. The van der Waals surface area contributed by atoms with Crippen molar-refractivity contribution in [3.63, 3.8) is 0 Å². The summed E-state index contributed by atoms with van der Waals surface area (Å²) in [5, 5.41) is 0. The van der Waals surface area contributed by atoms with Gasteiger partial charge in [-0.05, 0) is 37.1 Å². The molecular weight excluding hydrogens is 321 g/mol. The van der Waals surface area contributed by atoms with Gasteiger partial charge in [-0.25, -0.2) is 12.8 Å². The Kier molecular flexibility index (Phi) is 4.08. The van der Waals surface area contributed by atoms with Crippen LogP contribution in [0.15, 0.2) is 41.4 Å². The van der Waals surface area contributed by atoms with Gasteiger partial charge in [0.15, 0.2) is 0 Å². The van der Waals surface area contributed by atoms with E-state index in [0.717, 1.165) is 18.9 Å². The van der Waals surface area contributed by atoms with Crippen LogP contribution < -0.4 is 4.72 Å². The van der Waals surface area contributed by atoms with Gasteiger partial charge in [0.25, 0.3) is 15.9 Å². The number of halogens is 1. The predicted molar refractivity (Wildman–Crippen MR) is 83.1 cm³/mol. The number of likely N-dealkylation sites (tertiary alicyclic amines) is 1. The fourth-order valence-electron chi connectivity index (χ4n) is 2.51. The number of hydrogen-bond acceptors (Lipinski definition) is 3. The van der Waals surface area contributed by atoms with Gasteiger partial charge >= 0.3 is 0 Å². The number of nitrogens with one attached hydrogen (secondary N) is 2. The maximum Gasteiger partial charge on any atom is 0.270 e. The van der Waals surface area contributed by atoms with E-state index in [-0.39, 0.29) is 22.2 Å². The second kappa shape index (κ2) is 6.04. The molecule has 1 aliphatic heterocycles. The van der Waals surface area contributed by atoms with Crippen LogP contribution in [-0.4, -0.2) is 37.3 Å². The zero-order valence-corrected chi connectivity index (χ0v) is 13.1. The second-order valence-electron chi connectivity index (χ2n) is 5.36. The van der Waals surface area contributed by atoms with Gasteiger partial charge in [-0.15, -0.1) is 0 Å². The number of sulfonamides is 1. The third kappa shape index (κ3) is 3.37. The molecule has 1 fully saturated rings. The predicted octanol–water partition coefficient (Wildman–Crippen LogP) is 2.19. The topological polar surface area (TPSA) is 82.3 Å². The molecule has 0 aliphatic carbocycles. The molecule has 1 aromatic heterocycles. The van der Waals surface area contributed by atoms with Gasteiger partial charge in [0.05, 0.1) is 5.69 Å². The molecule has 8 heteroatoms. The number of benzene rings is 1. The average Bonchev–Trinajstić information content (AvgIpc) is 3.18. The molecule has 0 bridgehead atoms. The number of amides is 1. The standard InChI is InChI=1S/C15H16FN3O3S/c16-11-4-3-5-12(8-11)18-23(21,22)13-9-14(17-10-13)15(20)19-6-1-2-7-19/h3-5,8-10,17-18H,1-2,6-7H2. The van der Waals surface area contributed by atoms with Crippen LogP contribution in [0.1, 0.15) is 23.3 Å². The zero-order chi connectivity index (χ0) is 16.4. The Balaban J connectivity index is 1.79. The quantitative estimate of drug-likeness (QED) is 0.897. The van der Waals surface area contributed by atoms with Gasteiger partial charge in [0.1, 0.15) is 16.4 Å². The van der Waals surface area contributed by atoms with Crippen molar-refractivity contribution in [1.29, 1.82) is 0 Å². The lowest BCUT2D eigenvalue weighted by Crippen LogP contribution is -2.27. The van der Waals surface area contributed by atoms with Gasteiger partial charge in [0, 0.05) is 19.3 Å². The molecule has 122 valence electrons. The molecule has 0 spiro atoms. The highest BCUT2D eigenvalue weighted by Gasteiger charge is 2.23. The van der Waals surface area contributed by atoms with E-state index in [4.69, 9.17) is 0 Å². The third-order valence-electron chi connectivity index (χ3n) is 3.67. The number of H-pyrrole nitrogens is 1. The Bertz CT molecular complexity index is 826. The molecular formula is C15H16FN3O3S. The van der Waals surface area contributed by atoms with Crippen LogP contribution >= 0.6 is 0 Å². The molecule has 1 aromatic carbocycles. The van der Waals surface area contributed by atoms with E-state index in [1.54, 1.807) is 4.90 Å². The Morgan fingerprint density at radius 3 is 2.65 bits per heavy atom. The first-order valence-electron chi connectivity index (χ1n) is 7.22. The maximum atomic E-state index is 13.1. The summed E-state index contributed by atoms with van der Waals surface area (Å²) >= 11 is 0. The summed E-state index contributed by atoms with van der Waals surface area (Å²) in [6, 6.07) is 6.46. The molecule has 1 amide bonds. The highest BCUT2D eigenvalue weighted by molar-refractivity contribution is 7.92. The van der Waals surface area contributed by atoms with Gasteiger partial charge in [-0.3, -0.25) is 9.52 Å². The van der Waals surface area contributed by atoms with Crippen molar-refractivity contribution < 1.29 is 17.6 Å². The summed E-state index contributed by atoms with van der Waals surface area (Å²) in [6.45, 7) is 1.36. The normalized spacial score (nSPS) is 14.9. The van der Waals surface area contributed by atoms with Crippen LogP contribution in [-0.2, 0) is 10.0 Å². The minimum Gasteiger partial charge on any atom is -0.356 e. The molecule has 0 saturated carbocycles. The summed E-state index contributed by atoms with van der Waals surface area (Å²) < 4.78 is 40.0. The molecule has 0 atom stereocenters. The average molecular weight is 337 g/mol. The Hall–Kier alpha value is -2.35. The van der Waals surface area contributed by atoms with E-state index in [1.165, 1.54) is 30.5 Å². The van der Waals surface area contributed by atoms with E-state index in [0.29, 0.717) is 13.1 Å². The first kappa shape index (κ1) is 15.5. The molecule has 1 saturated heterocycles. The highest BCUT2D eigenvalue weighted by atomic mass is 32.2. The lowest BCUT2D eigenvalue weighted by molar-refractivity contribution is 0.0787.